The van der Waals surface area contributed by atoms with Crippen LogP contribution in [-0.2, 0) is 4.79 Å². The average Bonchev–Trinajstić information content (AvgIpc) is 2.92. The molecule has 1 aliphatic carbocycles. The zero-order valence-electron chi connectivity index (χ0n) is 8.74. The molecule has 15 heavy (non-hydrogen) atoms. The minimum atomic E-state index is -0.706. The number of hydrogen-bond acceptors (Lipinski definition) is 5. The second-order valence-corrected chi connectivity index (χ2v) is 3.92. The maximum absolute atomic E-state index is 11.5. The molecule has 80 valence electrons. The summed E-state index contributed by atoms with van der Waals surface area (Å²) in [6, 6.07) is 0. The lowest BCUT2D eigenvalue weighted by Crippen LogP contribution is -2.38. The van der Waals surface area contributed by atoms with E-state index in [2.05, 4.69) is 20.5 Å². The van der Waals surface area contributed by atoms with Gasteiger partial charge < -0.3 is 5.73 Å². The molecule has 3 N–H and O–H groups in total. The van der Waals surface area contributed by atoms with Gasteiger partial charge in [-0.15, -0.1) is 5.10 Å². The quantitative estimate of drug-likeness (QED) is 0.707. The Morgan fingerprint density at radius 1 is 1.33 bits per heavy atom. The largest absolute Gasteiger partial charge is 0.317 e. The van der Waals surface area contributed by atoms with Gasteiger partial charge >= 0.3 is 0 Å². The van der Waals surface area contributed by atoms with Gasteiger partial charge in [0.2, 0.25) is 11.9 Å². The van der Waals surface area contributed by atoms with Crippen molar-refractivity contribution in [3.63, 3.8) is 0 Å². The number of nitrogens with two attached hydrogens (primary N) is 1. The highest BCUT2D eigenvalue weighted by Crippen LogP contribution is 2.32. The minimum absolute atomic E-state index is 0.222. The molecule has 2 rings (SSSR count). The van der Waals surface area contributed by atoms with Crippen LogP contribution < -0.4 is 11.1 Å². The molecule has 0 unspecified atom stereocenters. The standard InChI is InChI=1S/C9H13N5O/c1-5-6(2)13-14-8(11-5)12-7(15)9(10)3-4-9/h3-4,10H2,1-2H3,(H,11,12,14,15). The van der Waals surface area contributed by atoms with Crippen LogP contribution >= 0.6 is 0 Å². The fraction of sp³-hybridized carbons (Fsp3) is 0.556. The van der Waals surface area contributed by atoms with Crippen molar-refractivity contribution in [3.05, 3.63) is 11.4 Å². The second kappa shape index (κ2) is 3.23. The number of rotatable bonds is 2. The number of amides is 1. The Kier molecular flexibility index (Phi) is 2.15. The van der Waals surface area contributed by atoms with E-state index in [0.29, 0.717) is 0 Å². The third kappa shape index (κ3) is 1.94. The van der Waals surface area contributed by atoms with E-state index in [9.17, 15) is 4.79 Å². The lowest BCUT2D eigenvalue weighted by molar-refractivity contribution is -0.118. The molecule has 1 amide bonds. The van der Waals surface area contributed by atoms with Crippen LogP contribution in [0.25, 0.3) is 0 Å². The third-order valence-corrected chi connectivity index (χ3v) is 2.56. The number of aryl methyl sites for hydroxylation is 2. The van der Waals surface area contributed by atoms with Crippen LogP contribution in [0.3, 0.4) is 0 Å². The Morgan fingerprint density at radius 2 is 2.00 bits per heavy atom. The summed E-state index contributed by atoms with van der Waals surface area (Å²) in [6.45, 7) is 3.63. The predicted octanol–water partition coefficient (Wildman–Crippen LogP) is -0.0818. The molecule has 6 heteroatoms. The maximum atomic E-state index is 11.5. The molecule has 0 atom stereocenters. The lowest BCUT2D eigenvalue weighted by Gasteiger charge is -2.08. The highest BCUT2D eigenvalue weighted by molar-refractivity contribution is 5.98. The maximum Gasteiger partial charge on any atom is 0.249 e. The van der Waals surface area contributed by atoms with Gasteiger partial charge in [-0.05, 0) is 26.7 Å². The Balaban J connectivity index is 2.11. The van der Waals surface area contributed by atoms with Gasteiger partial charge in [-0.3, -0.25) is 10.1 Å². The summed E-state index contributed by atoms with van der Waals surface area (Å²) in [5, 5.41) is 10.2. The van der Waals surface area contributed by atoms with Gasteiger partial charge in [-0.25, -0.2) is 4.98 Å². The molecule has 1 saturated carbocycles. The SMILES string of the molecule is Cc1nnc(NC(=O)C2(N)CC2)nc1C. The Bertz CT molecular complexity index is 413. The molecule has 0 bridgehead atoms. The first-order valence-electron chi connectivity index (χ1n) is 4.79. The predicted molar refractivity (Wildman–Crippen MR) is 54.1 cm³/mol. The van der Waals surface area contributed by atoms with Gasteiger partial charge in [0.1, 0.15) is 0 Å². The summed E-state index contributed by atoms with van der Waals surface area (Å²) in [7, 11) is 0. The van der Waals surface area contributed by atoms with E-state index in [1.54, 1.807) is 0 Å². The number of carbonyl (C=O) groups is 1. The van der Waals surface area contributed by atoms with Crippen molar-refractivity contribution in [3.8, 4) is 0 Å². The average molecular weight is 207 g/mol. The molecule has 0 radical (unpaired) electrons. The van der Waals surface area contributed by atoms with Crippen molar-refractivity contribution in [2.24, 2.45) is 5.73 Å². The Hall–Kier alpha value is -1.56. The molecule has 0 saturated heterocycles. The normalized spacial score (nSPS) is 17.3. The van der Waals surface area contributed by atoms with Crippen molar-refractivity contribution in [1.29, 1.82) is 0 Å². The summed E-state index contributed by atoms with van der Waals surface area (Å²) < 4.78 is 0. The van der Waals surface area contributed by atoms with Crippen molar-refractivity contribution < 1.29 is 4.79 Å². The Labute approximate surface area is 87.3 Å². The van der Waals surface area contributed by atoms with Crippen molar-refractivity contribution in [2.75, 3.05) is 5.32 Å². The van der Waals surface area contributed by atoms with Crippen molar-refractivity contribution >= 4 is 11.9 Å². The number of anilines is 1. The first-order valence-corrected chi connectivity index (χ1v) is 4.79. The first-order chi connectivity index (χ1) is 7.01. The summed E-state index contributed by atoms with van der Waals surface area (Å²) in [5.74, 6) is -0.00706. The number of hydrogen-bond donors (Lipinski definition) is 2. The number of aromatic nitrogens is 3. The van der Waals surface area contributed by atoms with Crippen LogP contribution in [0.4, 0.5) is 5.95 Å². The first kappa shape index (κ1) is 9.97. The van der Waals surface area contributed by atoms with E-state index in [4.69, 9.17) is 5.73 Å². The smallest absolute Gasteiger partial charge is 0.249 e. The zero-order valence-corrected chi connectivity index (χ0v) is 8.74. The fourth-order valence-corrected chi connectivity index (χ4v) is 1.10. The number of nitrogens with one attached hydrogen (secondary N) is 1. The van der Waals surface area contributed by atoms with Crippen LogP contribution in [-0.4, -0.2) is 26.6 Å². The molecular weight excluding hydrogens is 194 g/mol. The van der Waals surface area contributed by atoms with E-state index in [0.717, 1.165) is 24.2 Å². The lowest BCUT2D eigenvalue weighted by atomic mass is 10.3. The molecule has 6 nitrogen and oxygen atoms in total. The van der Waals surface area contributed by atoms with Crippen molar-refractivity contribution in [2.45, 2.75) is 32.2 Å². The van der Waals surface area contributed by atoms with Gasteiger partial charge in [0.05, 0.1) is 16.9 Å². The number of nitrogens with zero attached hydrogens (tertiary/aromatic N) is 3. The third-order valence-electron chi connectivity index (χ3n) is 2.56. The van der Waals surface area contributed by atoms with E-state index in [-0.39, 0.29) is 11.9 Å². The molecule has 1 aliphatic rings. The van der Waals surface area contributed by atoms with Gasteiger partial charge in [-0.2, -0.15) is 5.10 Å². The molecule has 0 aromatic carbocycles. The van der Waals surface area contributed by atoms with Crippen molar-refractivity contribution in [1.82, 2.24) is 15.2 Å². The Morgan fingerprint density at radius 3 is 2.53 bits per heavy atom. The van der Waals surface area contributed by atoms with Crippen LogP contribution in [0.2, 0.25) is 0 Å². The van der Waals surface area contributed by atoms with Gasteiger partial charge in [0.25, 0.3) is 0 Å². The summed E-state index contributed by atoms with van der Waals surface area (Å²) >= 11 is 0. The molecule has 1 fully saturated rings. The fourth-order valence-electron chi connectivity index (χ4n) is 1.10. The summed E-state index contributed by atoms with van der Waals surface area (Å²) in [6.07, 6.45) is 1.44. The van der Waals surface area contributed by atoms with E-state index in [1.165, 1.54) is 0 Å². The van der Waals surface area contributed by atoms with Gasteiger partial charge in [0.15, 0.2) is 0 Å². The topological polar surface area (TPSA) is 93.8 Å². The van der Waals surface area contributed by atoms with Gasteiger partial charge in [0, 0.05) is 0 Å². The van der Waals surface area contributed by atoms with E-state index < -0.39 is 5.54 Å². The van der Waals surface area contributed by atoms with E-state index >= 15 is 0 Å². The highest BCUT2D eigenvalue weighted by atomic mass is 16.2. The minimum Gasteiger partial charge on any atom is -0.317 e. The van der Waals surface area contributed by atoms with Gasteiger partial charge in [-0.1, -0.05) is 0 Å². The monoisotopic (exact) mass is 207 g/mol. The van der Waals surface area contributed by atoms with Crippen LogP contribution in [0.5, 0.6) is 0 Å². The molecular formula is C9H13N5O. The molecule has 0 aliphatic heterocycles. The van der Waals surface area contributed by atoms with Crippen LogP contribution in [0, 0.1) is 13.8 Å². The molecule has 1 heterocycles. The highest BCUT2D eigenvalue weighted by Gasteiger charge is 2.46. The van der Waals surface area contributed by atoms with Crippen LogP contribution in [0.1, 0.15) is 24.2 Å². The number of carbonyl (C=O) groups excluding carboxylic acids is 1. The van der Waals surface area contributed by atoms with E-state index in [1.807, 2.05) is 13.8 Å². The zero-order chi connectivity index (χ0) is 11.1. The molecule has 1 aromatic rings. The summed E-state index contributed by atoms with van der Waals surface area (Å²) in [5.41, 5.74) is 6.52. The molecule has 1 aromatic heterocycles. The second-order valence-electron chi connectivity index (χ2n) is 3.92. The molecule has 0 spiro atoms. The summed E-state index contributed by atoms with van der Waals surface area (Å²) in [4.78, 5) is 15.6. The van der Waals surface area contributed by atoms with Crippen LogP contribution in [0.15, 0.2) is 0 Å².